The highest BCUT2D eigenvalue weighted by Gasteiger charge is 2.20. The van der Waals surface area contributed by atoms with Crippen LogP contribution >= 0.6 is 0 Å². The van der Waals surface area contributed by atoms with Gasteiger partial charge >= 0.3 is 60.2 Å². The van der Waals surface area contributed by atoms with Gasteiger partial charge in [-0.2, -0.15) is 0 Å². The Balaban J connectivity index is 1.42. The van der Waals surface area contributed by atoms with Crippen LogP contribution in [0.2, 0.25) is 0 Å². The maximum atomic E-state index is 13.7. The minimum absolute atomic E-state index is 0.00578. The molecule has 5 N–H and O–H groups in total. The molecule has 0 saturated carbocycles. The lowest BCUT2D eigenvalue weighted by Gasteiger charge is -2.19. The van der Waals surface area contributed by atoms with Crippen LogP contribution < -0.4 is 26.6 Å². The van der Waals surface area contributed by atoms with E-state index in [4.69, 9.17) is 47.4 Å². The quantitative estimate of drug-likeness (QED) is 0.0229. The van der Waals surface area contributed by atoms with Gasteiger partial charge < -0.3 is 52.7 Å². The Labute approximate surface area is 506 Å². The fourth-order valence-electron chi connectivity index (χ4n) is 7.50. The van der Waals surface area contributed by atoms with Gasteiger partial charge in [-0.1, -0.05) is 48.5 Å². The van der Waals surface area contributed by atoms with E-state index in [1.165, 1.54) is 53.7 Å². The van der Waals surface area contributed by atoms with Crippen LogP contribution in [-0.4, -0.2) is 107 Å². The molecule has 0 bridgehead atoms. The first-order valence-corrected chi connectivity index (χ1v) is 26.9. The monoisotopic (exact) mass is 1210 g/mol. The molecule has 4 amide bonds. The molecular formula is C63H67N5O20. The molecule has 5 aromatic carbocycles. The maximum absolute atomic E-state index is 13.7. The molecule has 5 rings (SSSR count). The lowest BCUT2D eigenvalue weighted by molar-refractivity contribution is -0.143. The van der Waals surface area contributed by atoms with Crippen LogP contribution in [0, 0.1) is 0 Å². The van der Waals surface area contributed by atoms with Crippen molar-refractivity contribution in [1.29, 1.82) is 0 Å². The Morgan fingerprint density at radius 3 is 0.864 bits per heavy atom. The number of rotatable bonds is 28. The molecule has 0 aliphatic heterocycles. The average molecular weight is 1210 g/mol. The molecule has 0 aromatic heterocycles. The molecule has 5 aromatic rings. The summed E-state index contributed by atoms with van der Waals surface area (Å²) in [5.41, 5.74) is 6.24. The van der Waals surface area contributed by atoms with Crippen molar-refractivity contribution < 1.29 is 95.3 Å². The van der Waals surface area contributed by atoms with E-state index in [1.807, 2.05) is 0 Å². The number of carbonyl (C=O) groups is 10. The summed E-state index contributed by atoms with van der Waals surface area (Å²) >= 11 is 0. The van der Waals surface area contributed by atoms with Crippen molar-refractivity contribution in [2.75, 3.05) is 73.3 Å². The standard InChI is InChI=1S/C63H67N5O20/c1-39(69)79-31-50(32-80-40(2)70)24-45-8-18-56(19-9-45)65-60(75)86-30-49-27-53(37-87-61(76)66-57-20-10-46(11-21-57)25-51(33-81-41(3)71)34-82-42(4)72)59(68-63(78)85-29-48-14-16-55(64-7)17-15-48)54(28-49)38-88-62(77)67-58-22-12-47(13-23-58)26-52(35-83-43(5)73)36-84-44(6)74/h8-28,64H,29-38H2,1-7H3,(H,65,75)(H,66,76)(H,67,77)(H,68,78). The van der Waals surface area contributed by atoms with Crippen LogP contribution in [0.15, 0.2) is 126 Å². The fourth-order valence-corrected chi connectivity index (χ4v) is 7.50. The van der Waals surface area contributed by atoms with E-state index in [0.29, 0.717) is 56.0 Å². The minimum atomic E-state index is -0.944. The Hall–Kier alpha value is -11.0. The zero-order valence-electron chi connectivity index (χ0n) is 49.4. The van der Waals surface area contributed by atoms with Gasteiger partial charge in [-0.05, 0) is 107 Å². The van der Waals surface area contributed by atoms with Crippen LogP contribution in [0.4, 0.5) is 47.6 Å². The Bertz CT molecular complexity index is 3180. The van der Waals surface area contributed by atoms with E-state index < -0.39 is 80.0 Å². The predicted molar refractivity (Wildman–Crippen MR) is 321 cm³/mol. The number of nitrogens with one attached hydrogen (secondary N) is 5. The second kappa shape index (κ2) is 35.3. The van der Waals surface area contributed by atoms with E-state index in [2.05, 4.69) is 26.6 Å². The molecule has 464 valence electrons. The van der Waals surface area contributed by atoms with Gasteiger partial charge in [-0.25, -0.2) is 19.2 Å². The van der Waals surface area contributed by atoms with Crippen molar-refractivity contribution in [3.63, 3.8) is 0 Å². The van der Waals surface area contributed by atoms with Crippen LogP contribution in [0.3, 0.4) is 0 Å². The summed E-state index contributed by atoms with van der Waals surface area (Å²) in [6, 6.07) is 29.4. The first-order chi connectivity index (χ1) is 42.1. The van der Waals surface area contributed by atoms with Gasteiger partial charge in [0.2, 0.25) is 0 Å². The molecule has 0 atom stereocenters. The summed E-state index contributed by atoms with van der Waals surface area (Å²) < 4.78 is 53.2. The summed E-state index contributed by atoms with van der Waals surface area (Å²) in [5, 5.41) is 13.6. The first kappa shape index (κ1) is 67.8. The maximum Gasteiger partial charge on any atom is 0.411 e. The van der Waals surface area contributed by atoms with Gasteiger partial charge in [0, 0.05) is 99.2 Å². The number of benzene rings is 5. The SMILES string of the molecule is CNc1ccc(COC(=O)Nc2c(COC(=O)Nc3ccc(C=C(COC(C)=O)COC(C)=O)cc3)cc(COC(=O)Nc3ccc(C=C(COC(C)=O)COC(C)=O)cc3)cc2COC(=O)Nc2ccc(C=C(COC(C)=O)COC(C)=O)cc2)cc1. The highest BCUT2D eigenvalue weighted by molar-refractivity contribution is 5.89. The van der Waals surface area contributed by atoms with Gasteiger partial charge in [-0.3, -0.25) is 50.0 Å². The number of ether oxygens (including phenoxy) is 10. The third-order valence-electron chi connectivity index (χ3n) is 11.6. The summed E-state index contributed by atoms with van der Waals surface area (Å²) in [5.74, 6) is -3.17. The molecule has 0 spiro atoms. The molecule has 0 radical (unpaired) electrons. The largest absolute Gasteiger partial charge is 0.461 e. The van der Waals surface area contributed by atoms with Crippen LogP contribution in [0.5, 0.6) is 0 Å². The zero-order valence-corrected chi connectivity index (χ0v) is 49.4. The van der Waals surface area contributed by atoms with E-state index in [0.717, 1.165) is 5.69 Å². The predicted octanol–water partition coefficient (Wildman–Crippen LogP) is 10.3. The minimum Gasteiger partial charge on any atom is -0.461 e. The molecule has 0 heterocycles. The molecule has 88 heavy (non-hydrogen) atoms. The number of carbonyl (C=O) groups excluding carboxylic acids is 10. The van der Waals surface area contributed by atoms with Crippen molar-refractivity contribution >= 4 is 107 Å². The number of esters is 6. The van der Waals surface area contributed by atoms with Crippen LogP contribution in [0.1, 0.15) is 80.5 Å². The summed E-state index contributed by atoms with van der Waals surface area (Å²) in [4.78, 5) is 123. The second-order valence-corrected chi connectivity index (χ2v) is 19.0. The van der Waals surface area contributed by atoms with Crippen molar-refractivity contribution in [3.05, 3.63) is 165 Å². The lowest BCUT2D eigenvalue weighted by Crippen LogP contribution is -2.20. The van der Waals surface area contributed by atoms with Gasteiger partial charge in [0.25, 0.3) is 0 Å². The fraction of sp³-hybridized carbons (Fsp3) is 0.270. The van der Waals surface area contributed by atoms with Gasteiger partial charge in [0.05, 0.1) is 5.69 Å². The first-order valence-electron chi connectivity index (χ1n) is 26.9. The van der Waals surface area contributed by atoms with Crippen molar-refractivity contribution in [1.82, 2.24) is 0 Å². The molecule has 0 aliphatic carbocycles. The molecule has 0 aliphatic rings. The van der Waals surface area contributed by atoms with Crippen LogP contribution in [0.25, 0.3) is 18.2 Å². The van der Waals surface area contributed by atoms with E-state index >= 15 is 0 Å². The average Bonchev–Trinajstić information content (AvgIpc) is 3.47. The summed E-state index contributed by atoms with van der Waals surface area (Å²) in [6.07, 6.45) is 1.24. The zero-order chi connectivity index (χ0) is 64.0. The lowest BCUT2D eigenvalue weighted by atomic mass is 10.0. The van der Waals surface area contributed by atoms with Crippen molar-refractivity contribution in [3.8, 4) is 0 Å². The Morgan fingerprint density at radius 1 is 0.318 bits per heavy atom. The molecule has 0 saturated heterocycles. The van der Waals surface area contributed by atoms with E-state index in [9.17, 15) is 47.9 Å². The topological polar surface area (TPSA) is 323 Å². The van der Waals surface area contributed by atoms with Gasteiger partial charge in [0.1, 0.15) is 66.1 Å². The summed E-state index contributed by atoms with van der Waals surface area (Å²) in [7, 11) is 1.76. The third-order valence-corrected chi connectivity index (χ3v) is 11.6. The smallest absolute Gasteiger partial charge is 0.411 e. The number of hydrogen-bond acceptors (Lipinski definition) is 21. The van der Waals surface area contributed by atoms with Crippen molar-refractivity contribution in [2.24, 2.45) is 0 Å². The van der Waals surface area contributed by atoms with E-state index in [-0.39, 0.29) is 68.6 Å². The highest BCUT2D eigenvalue weighted by Crippen LogP contribution is 2.28. The molecular weight excluding hydrogens is 1150 g/mol. The molecule has 0 fully saturated rings. The van der Waals surface area contributed by atoms with Crippen LogP contribution in [-0.2, 0) is 103 Å². The number of anilines is 5. The number of amides is 4. The highest BCUT2D eigenvalue weighted by atomic mass is 16.6. The Kier molecular flexibility index (Phi) is 27.2. The molecule has 0 unspecified atom stereocenters. The Morgan fingerprint density at radius 2 is 0.580 bits per heavy atom. The second-order valence-electron chi connectivity index (χ2n) is 19.0. The number of hydrogen-bond donors (Lipinski definition) is 5. The third kappa shape index (κ3) is 26.3. The van der Waals surface area contributed by atoms with Gasteiger partial charge in [0.15, 0.2) is 0 Å². The molecule has 25 heteroatoms. The summed E-state index contributed by atoms with van der Waals surface area (Å²) in [6.45, 7) is 5.07. The van der Waals surface area contributed by atoms with Crippen molar-refractivity contribution in [2.45, 2.75) is 68.0 Å². The van der Waals surface area contributed by atoms with E-state index in [1.54, 1.807) is 122 Å². The molecule has 25 nitrogen and oxygen atoms in total. The van der Waals surface area contributed by atoms with Gasteiger partial charge in [-0.15, -0.1) is 0 Å². The normalized spacial score (nSPS) is 10.2.